The van der Waals surface area contributed by atoms with E-state index in [1.165, 1.54) is 7.11 Å². The van der Waals surface area contributed by atoms with Crippen molar-refractivity contribution >= 4 is 29.4 Å². The van der Waals surface area contributed by atoms with Gasteiger partial charge in [0.1, 0.15) is 0 Å². The lowest BCUT2D eigenvalue weighted by atomic mass is 10.3. The van der Waals surface area contributed by atoms with E-state index < -0.39 is 0 Å². The molecule has 0 fully saturated rings. The van der Waals surface area contributed by atoms with Crippen LogP contribution in [0.15, 0.2) is 29.2 Å². The lowest BCUT2D eigenvalue weighted by molar-refractivity contribution is -0.140. The first-order valence-electron chi connectivity index (χ1n) is 5.91. The van der Waals surface area contributed by atoms with Crippen LogP contribution in [0.25, 0.3) is 0 Å². The number of carbonyl (C=O) groups is 2. The standard InChI is InChI=1S/C13H18N2O3S/c1-18-12(16)4-3-9-14-13(17)15-10-5-7-11(19-2)8-6-10/h5-8H,3-4,9H2,1-2H3,(H2,14,15,17). The van der Waals surface area contributed by atoms with Crippen LogP contribution in [0.1, 0.15) is 12.8 Å². The van der Waals surface area contributed by atoms with E-state index in [1.54, 1.807) is 11.8 Å². The van der Waals surface area contributed by atoms with Gasteiger partial charge in [-0.1, -0.05) is 0 Å². The molecule has 0 bridgehead atoms. The second kappa shape index (κ2) is 8.42. The molecule has 5 nitrogen and oxygen atoms in total. The minimum Gasteiger partial charge on any atom is -0.469 e. The first kappa shape index (κ1) is 15.4. The number of hydrogen-bond acceptors (Lipinski definition) is 4. The maximum absolute atomic E-state index is 11.5. The van der Waals surface area contributed by atoms with Gasteiger partial charge in [0.25, 0.3) is 0 Å². The van der Waals surface area contributed by atoms with Crippen molar-refractivity contribution in [3.8, 4) is 0 Å². The van der Waals surface area contributed by atoms with Gasteiger partial charge < -0.3 is 15.4 Å². The number of ether oxygens (including phenoxy) is 1. The SMILES string of the molecule is COC(=O)CCCNC(=O)Nc1ccc(SC)cc1. The monoisotopic (exact) mass is 282 g/mol. The summed E-state index contributed by atoms with van der Waals surface area (Å²) in [5, 5.41) is 5.40. The lowest BCUT2D eigenvalue weighted by Crippen LogP contribution is -2.29. The highest BCUT2D eigenvalue weighted by Gasteiger charge is 2.03. The van der Waals surface area contributed by atoms with E-state index >= 15 is 0 Å². The molecule has 6 heteroatoms. The molecule has 0 aliphatic rings. The zero-order chi connectivity index (χ0) is 14.1. The number of esters is 1. The Kier molecular flexibility index (Phi) is 6.81. The fourth-order valence-electron chi connectivity index (χ4n) is 1.39. The molecular formula is C13H18N2O3S. The third-order valence-electron chi connectivity index (χ3n) is 2.42. The molecule has 2 N–H and O–H groups in total. The Hall–Kier alpha value is -1.69. The number of anilines is 1. The number of amides is 2. The second-order valence-corrected chi connectivity index (χ2v) is 4.67. The molecule has 2 amide bonds. The van der Waals surface area contributed by atoms with Crippen LogP contribution in [0.4, 0.5) is 10.5 Å². The van der Waals surface area contributed by atoms with Gasteiger partial charge in [0.2, 0.25) is 0 Å². The quantitative estimate of drug-likeness (QED) is 0.478. The maximum Gasteiger partial charge on any atom is 0.319 e. The van der Waals surface area contributed by atoms with E-state index in [0.29, 0.717) is 19.4 Å². The first-order valence-corrected chi connectivity index (χ1v) is 7.14. The third-order valence-corrected chi connectivity index (χ3v) is 3.16. The number of carbonyl (C=O) groups excluding carboxylic acids is 2. The van der Waals surface area contributed by atoms with Crippen LogP contribution in [0.5, 0.6) is 0 Å². The Labute approximate surface area is 117 Å². The summed E-state index contributed by atoms with van der Waals surface area (Å²) >= 11 is 1.65. The molecule has 104 valence electrons. The number of urea groups is 1. The van der Waals surface area contributed by atoms with Gasteiger partial charge in [-0.25, -0.2) is 4.79 Å². The number of nitrogens with one attached hydrogen (secondary N) is 2. The van der Waals surface area contributed by atoms with Crippen molar-refractivity contribution in [2.24, 2.45) is 0 Å². The van der Waals surface area contributed by atoms with Crippen LogP contribution in [-0.2, 0) is 9.53 Å². The van der Waals surface area contributed by atoms with E-state index in [9.17, 15) is 9.59 Å². The molecule has 1 rings (SSSR count). The van der Waals surface area contributed by atoms with Crippen molar-refractivity contribution in [3.63, 3.8) is 0 Å². The van der Waals surface area contributed by atoms with Crippen LogP contribution in [0.3, 0.4) is 0 Å². The highest BCUT2D eigenvalue weighted by molar-refractivity contribution is 7.98. The Morgan fingerprint density at radius 1 is 1.26 bits per heavy atom. The molecule has 0 spiro atoms. The minimum atomic E-state index is -0.276. The van der Waals surface area contributed by atoms with Gasteiger partial charge in [-0.3, -0.25) is 4.79 Å². The predicted molar refractivity (Wildman–Crippen MR) is 76.5 cm³/mol. The topological polar surface area (TPSA) is 67.4 Å². The predicted octanol–water partition coefficient (Wildman–Crippen LogP) is 2.48. The molecule has 0 atom stereocenters. The summed E-state index contributed by atoms with van der Waals surface area (Å²) in [4.78, 5) is 23.5. The van der Waals surface area contributed by atoms with E-state index in [0.717, 1.165) is 10.6 Å². The van der Waals surface area contributed by atoms with Crippen molar-refractivity contribution < 1.29 is 14.3 Å². The summed E-state index contributed by atoms with van der Waals surface area (Å²) in [5.41, 5.74) is 0.739. The van der Waals surface area contributed by atoms with Gasteiger partial charge >= 0.3 is 12.0 Å². The average molecular weight is 282 g/mol. The summed E-state index contributed by atoms with van der Waals surface area (Å²) in [6, 6.07) is 7.30. The van der Waals surface area contributed by atoms with Crippen molar-refractivity contribution in [2.45, 2.75) is 17.7 Å². The van der Waals surface area contributed by atoms with Crippen LogP contribution in [0.2, 0.25) is 0 Å². The summed E-state index contributed by atoms with van der Waals surface area (Å²) in [6.07, 6.45) is 2.86. The van der Waals surface area contributed by atoms with Gasteiger partial charge in [0, 0.05) is 23.5 Å². The van der Waals surface area contributed by atoms with E-state index in [1.807, 2.05) is 30.5 Å². The Bertz CT molecular complexity index is 420. The van der Waals surface area contributed by atoms with Crippen LogP contribution < -0.4 is 10.6 Å². The van der Waals surface area contributed by atoms with Gasteiger partial charge in [-0.05, 0) is 36.9 Å². The van der Waals surface area contributed by atoms with Crippen LogP contribution >= 0.6 is 11.8 Å². The third kappa shape index (κ3) is 6.15. The summed E-state index contributed by atoms with van der Waals surface area (Å²) < 4.78 is 4.51. The Balaban J connectivity index is 2.25. The minimum absolute atomic E-state index is 0.269. The first-order chi connectivity index (χ1) is 9.15. The van der Waals surface area contributed by atoms with Gasteiger partial charge in [-0.15, -0.1) is 11.8 Å². The summed E-state index contributed by atoms with van der Waals surface area (Å²) in [7, 11) is 1.35. The maximum atomic E-state index is 11.5. The molecule has 0 unspecified atom stereocenters. The van der Waals surface area contributed by atoms with E-state index in [4.69, 9.17) is 0 Å². The zero-order valence-electron chi connectivity index (χ0n) is 11.1. The fourth-order valence-corrected chi connectivity index (χ4v) is 1.79. The number of hydrogen-bond donors (Lipinski definition) is 2. The normalized spacial score (nSPS) is 9.79. The zero-order valence-corrected chi connectivity index (χ0v) is 11.9. The average Bonchev–Trinajstić information content (AvgIpc) is 2.44. The Morgan fingerprint density at radius 2 is 1.95 bits per heavy atom. The van der Waals surface area contributed by atoms with E-state index in [2.05, 4.69) is 15.4 Å². The molecule has 19 heavy (non-hydrogen) atoms. The van der Waals surface area contributed by atoms with Crippen molar-refractivity contribution in [1.29, 1.82) is 0 Å². The highest BCUT2D eigenvalue weighted by Crippen LogP contribution is 2.17. The van der Waals surface area contributed by atoms with E-state index in [-0.39, 0.29) is 12.0 Å². The van der Waals surface area contributed by atoms with Gasteiger partial charge in [-0.2, -0.15) is 0 Å². The smallest absolute Gasteiger partial charge is 0.319 e. The molecule has 0 aromatic heterocycles. The summed E-state index contributed by atoms with van der Waals surface area (Å²) in [5.74, 6) is -0.269. The van der Waals surface area contributed by atoms with Gasteiger partial charge in [0.15, 0.2) is 0 Å². The summed E-state index contributed by atoms with van der Waals surface area (Å²) in [6.45, 7) is 0.434. The van der Waals surface area contributed by atoms with Crippen LogP contribution in [0, 0.1) is 0 Å². The molecule has 0 aliphatic heterocycles. The highest BCUT2D eigenvalue weighted by atomic mass is 32.2. The molecule has 0 heterocycles. The van der Waals surface area contributed by atoms with Crippen molar-refractivity contribution in [2.75, 3.05) is 25.2 Å². The number of rotatable bonds is 6. The molecule has 0 saturated carbocycles. The van der Waals surface area contributed by atoms with Crippen LogP contribution in [-0.4, -0.2) is 31.9 Å². The molecular weight excluding hydrogens is 264 g/mol. The fraction of sp³-hybridized carbons (Fsp3) is 0.385. The molecule has 1 aromatic rings. The lowest BCUT2D eigenvalue weighted by Gasteiger charge is -2.07. The number of benzene rings is 1. The number of thioether (sulfide) groups is 1. The van der Waals surface area contributed by atoms with Crippen molar-refractivity contribution in [1.82, 2.24) is 5.32 Å². The molecule has 1 aromatic carbocycles. The second-order valence-electron chi connectivity index (χ2n) is 3.79. The largest absolute Gasteiger partial charge is 0.469 e. The number of methoxy groups -OCH3 is 1. The Morgan fingerprint density at radius 3 is 2.53 bits per heavy atom. The molecule has 0 radical (unpaired) electrons. The van der Waals surface area contributed by atoms with Gasteiger partial charge in [0.05, 0.1) is 7.11 Å². The van der Waals surface area contributed by atoms with Crippen molar-refractivity contribution in [3.05, 3.63) is 24.3 Å². The molecule has 0 saturated heterocycles. The molecule has 0 aliphatic carbocycles.